The van der Waals surface area contributed by atoms with E-state index in [2.05, 4.69) is 30.5 Å². The van der Waals surface area contributed by atoms with Crippen LogP contribution in [0.5, 0.6) is 5.75 Å². The van der Waals surface area contributed by atoms with E-state index in [4.69, 9.17) is 4.74 Å². The number of urea groups is 1. The first kappa shape index (κ1) is 17.9. The Hall–Kier alpha value is -2.49. The first-order valence-electron chi connectivity index (χ1n) is 8.24. The smallest absolute Gasteiger partial charge is 0.315 e. The van der Waals surface area contributed by atoms with Crippen molar-refractivity contribution in [3.63, 3.8) is 0 Å². The van der Waals surface area contributed by atoms with Gasteiger partial charge in [-0.1, -0.05) is 30.3 Å². The van der Waals surface area contributed by atoms with Crippen LogP contribution in [0.1, 0.15) is 27.8 Å². The highest BCUT2D eigenvalue weighted by Crippen LogP contribution is 2.22. The maximum absolute atomic E-state index is 11.8. The van der Waals surface area contributed by atoms with Crippen LogP contribution in [0.15, 0.2) is 36.4 Å². The Bertz CT molecular complexity index is 711. The van der Waals surface area contributed by atoms with Crippen molar-refractivity contribution >= 4 is 6.03 Å². The van der Waals surface area contributed by atoms with Crippen molar-refractivity contribution in [3.05, 3.63) is 64.2 Å². The molecule has 0 unspecified atom stereocenters. The van der Waals surface area contributed by atoms with Gasteiger partial charge in [-0.3, -0.25) is 0 Å². The molecule has 24 heavy (non-hydrogen) atoms. The number of hydrogen-bond donors (Lipinski definition) is 2. The highest BCUT2D eigenvalue weighted by molar-refractivity contribution is 5.73. The number of carbonyl (C=O) groups excluding carboxylic acids is 1. The van der Waals surface area contributed by atoms with Crippen molar-refractivity contribution in [2.45, 2.75) is 34.2 Å². The van der Waals surface area contributed by atoms with Crippen molar-refractivity contribution in [2.24, 2.45) is 0 Å². The molecule has 128 valence electrons. The fourth-order valence-corrected chi connectivity index (χ4v) is 2.46. The van der Waals surface area contributed by atoms with Crippen molar-refractivity contribution in [3.8, 4) is 5.75 Å². The Morgan fingerprint density at radius 2 is 1.62 bits per heavy atom. The molecule has 2 rings (SSSR count). The molecule has 0 aliphatic carbocycles. The minimum atomic E-state index is -0.182. The number of ether oxygens (including phenoxy) is 1. The molecule has 4 heteroatoms. The number of hydrogen-bond acceptors (Lipinski definition) is 2. The summed E-state index contributed by atoms with van der Waals surface area (Å²) >= 11 is 0. The average molecular weight is 326 g/mol. The van der Waals surface area contributed by atoms with Gasteiger partial charge < -0.3 is 15.4 Å². The van der Waals surface area contributed by atoms with Gasteiger partial charge in [0.2, 0.25) is 0 Å². The molecule has 2 aromatic carbocycles. The van der Waals surface area contributed by atoms with Gasteiger partial charge in [0.15, 0.2) is 0 Å². The van der Waals surface area contributed by atoms with Crippen LogP contribution in [0.25, 0.3) is 0 Å². The van der Waals surface area contributed by atoms with Gasteiger partial charge in [-0.15, -0.1) is 0 Å². The van der Waals surface area contributed by atoms with E-state index < -0.39 is 0 Å². The normalized spacial score (nSPS) is 10.3. The van der Waals surface area contributed by atoms with Gasteiger partial charge in [-0.2, -0.15) is 0 Å². The first-order valence-corrected chi connectivity index (χ1v) is 8.24. The SMILES string of the molecule is Cc1cc(C)c(OCCNC(=O)NCc2ccccc2C)cc1C. The Labute approximate surface area is 144 Å². The Morgan fingerprint density at radius 1 is 0.917 bits per heavy atom. The van der Waals surface area contributed by atoms with E-state index in [1.165, 1.54) is 16.7 Å². The second-order valence-corrected chi connectivity index (χ2v) is 6.09. The zero-order valence-electron chi connectivity index (χ0n) is 14.9. The molecule has 0 radical (unpaired) electrons. The molecule has 0 aliphatic heterocycles. The van der Waals surface area contributed by atoms with E-state index in [0.29, 0.717) is 19.7 Å². The number of carbonyl (C=O) groups is 1. The second kappa shape index (κ2) is 8.39. The Morgan fingerprint density at radius 3 is 2.38 bits per heavy atom. The van der Waals surface area contributed by atoms with Crippen LogP contribution in [-0.2, 0) is 6.54 Å². The van der Waals surface area contributed by atoms with Crippen LogP contribution in [0.4, 0.5) is 4.79 Å². The van der Waals surface area contributed by atoms with Crippen molar-refractivity contribution < 1.29 is 9.53 Å². The molecule has 2 amide bonds. The average Bonchev–Trinajstić information content (AvgIpc) is 2.55. The number of benzene rings is 2. The molecular formula is C20H26N2O2. The molecule has 0 aromatic heterocycles. The topological polar surface area (TPSA) is 50.4 Å². The van der Waals surface area contributed by atoms with E-state index in [1.54, 1.807) is 0 Å². The van der Waals surface area contributed by atoms with Gasteiger partial charge in [-0.25, -0.2) is 4.79 Å². The van der Waals surface area contributed by atoms with Gasteiger partial charge in [0, 0.05) is 6.54 Å². The minimum Gasteiger partial charge on any atom is -0.491 e. The predicted octanol–water partition coefficient (Wildman–Crippen LogP) is 3.80. The summed E-state index contributed by atoms with van der Waals surface area (Å²) in [5.41, 5.74) is 5.87. The Kier molecular flexibility index (Phi) is 6.24. The monoisotopic (exact) mass is 326 g/mol. The summed E-state index contributed by atoms with van der Waals surface area (Å²) in [6.45, 7) is 9.66. The van der Waals surface area contributed by atoms with Crippen LogP contribution >= 0.6 is 0 Å². The number of amides is 2. The van der Waals surface area contributed by atoms with E-state index >= 15 is 0 Å². The third-order valence-electron chi connectivity index (χ3n) is 4.14. The standard InChI is InChI=1S/C20H26N2O2/c1-14-7-5-6-8-18(14)13-22-20(23)21-9-10-24-19-12-16(3)15(2)11-17(19)4/h5-8,11-12H,9-10,13H2,1-4H3,(H2,21,22,23). The van der Waals surface area contributed by atoms with Crippen LogP contribution in [-0.4, -0.2) is 19.2 Å². The highest BCUT2D eigenvalue weighted by Gasteiger charge is 2.04. The largest absolute Gasteiger partial charge is 0.491 e. The summed E-state index contributed by atoms with van der Waals surface area (Å²) in [6.07, 6.45) is 0. The van der Waals surface area contributed by atoms with Gasteiger partial charge in [-0.05, 0) is 61.6 Å². The summed E-state index contributed by atoms with van der Waals surface area (Å²) in [6, 6.07) is 12.0. The maximum Gasteiger partial charge on any atom is 0.315 e. The summed E-state index contributed by atoms with van der Waals surface area (Å²) in [5, 5.41) is 5.67. The lowest BCUT2D eigenvalue weighted by molar-refractivity contribution is 0.236. The van der Waals surface area contributed by atoms with Crippen molar-refractivity contribution in [1.29, 1.82) is 0 Å². The number of rotatable bonds is 6. The quantitative estimate of drug-likeness (QED) is 0.793. The lowest BCUT2D eigenvalue weighted by Crippen LogP contribution is -2.37. The third kappa shape index (κ3) is 5.01. The van der Waals surface area contributed by atoms with Crippen LogP contribution in [0, 0.1) is 27.7 Å². The van der Waals surface area contributed by atoms with Crippen molar-refractivity contribution in [1.82, 2.24) is 10.6 Å². The molecule has 0 atom stereocenters. The van der Waals surface area contributed by atoms with Gasteiger partial charge in [0.05, 0.1) is 6.54 Å². The van der Waals surface area contributed by atoms with E-state index in [9.17, 15) is 4.79 Å². The lowest BCUT2D eigenvalue weighted by atomic mass is 10.1. The molecule has 2 aromatic rings. The highest BCUT2D eigenvalue weighted by atomic mass is 16.5. The maximum atomic E-state index is 11.8. The molecule has 0 heterocycles. The van der Waals surface area contributed by atoms with Crippen LogP contribution in [0.3, 0.4) is 0 Å². The summed E-state index contributed by atoms with van der Waals surface area (Å²) in [4.78, 5) is 11.8. The lowest BCUT2D eigenvalue weighted by Gasteiger charge is -2.13. The fourth-order valence-electron chi connectivity index (χ4n) is 2.46. The molecule has 4 nitrogen and oxygen atoms in total. The van der Waals surface area contributed by atoms with E-state index in [0.717, 1.165) is 16.9 Å². The third-order valence-corrected chi connectivity index (χ3v) is 4.14. The molecular weight excluding hydrogens is 300 g/mol. The molecule has 0 saturated carbocycles. The summed E-state index contributed by atoms with van der Waals surface area (Å²) in [5.74, 6) is 0.875. The van der Waals surface area contributed by atoms with Crippen molar-refractivity contribution in [2.75, 3.05) is 13.2 Å². The summed E-state index contributed by atoms with van der Waals surface area (Å²) < 4.78 is 5.76. The van der Waals surface area contributed by atoms with E-state index in [1.807, 2.05) is 44.2 Å². The van der Waals surface area contributed by atoms with Gasteiger partial charge in [0.1, 0.15) is 12.4 Å². The zero-order chi connectivity index (χ0) is 17.5. The molecule has 0 spiro atoms. The van der Waals surface area contributed by atoms with Crippen LogP contribution in [0.2, 0.25) is 0 Å². The molecule has 0 saturated heterocycles. The molecule has 0 bridgehead atoms. The minimum absolute atomic E-state index is 0.182. The molecule has 0 aliphatic rings. The Balaban J connectivity index is 1.71. The molecule has 2 N–H and O–H groups in total. The van der Waals surface area contributed by atoms with Gasteiger partial charge in [0.25, 0.3) is 0 Å². The van der Waals surface area contributed by atoms with Crippen LogP contribution < -0.4 is 15.4 Å². The van der Waals surface area contributed by atoms with Gasteiger partial charge >= 0.3 is 6.03 Å². The first-order chi connectivity index (χ1) is 11.5. The fraction of sp³-hybridized carbons (Fsp3) is 0.350. The van der Waals surface area contributed by atoms with E-state index in [-0.39, 0.29) is 6.03 Å². The number of aryl methyl sites for hydroxylation is 4. The summed E-state index contributed by atoms with van der Waals surface area (Å²) in [7, 11) is 0. The molecule has 0 fully saturated rings. The zero-order valence-corrected chi connectivity index (χ0v) is 14.9. The number of nitrogens with one attached hydrogen (secondary N) is 2. The predicted molar refractivity (Wildman–Crippen MR) is 97.6 cm³/mol. The second-order valence-electron chi connectivity index (χ2n) is 6.09.